The van der Waals surface area contributed by atoms with Gasteiger partial charge in [0.25, 0.3) is 0 Å². The number of hydrogen-bond acceptors (Lipinski definition) is 5. The van der Waals surface area contributed by atoms with E-state index >= 15 is 0 Å². The van der Waals surface area contributed by atoms with Crippen molar-refractivity contribution in [2.45, 2.75) is 104 Å². The molecule has 0 spiro atoms. The zero-order valence-corrected chi connectivity index (χ0v) is 21.2. The van der Waals surface area contributed by atoms with Crippen molar-refractivity contribution < 1.29 is 24.2 Å². The van der Waals surface area contributed by atoms with Gasteiger partial charge in [-0.05, 0) is 43.6 Å². The number of aliphatic hydroxyl groups is 1. The van der Waals surface area contributed by atoms with E-state index in [0.29, 0.717) is 19.3 Å². The van der Waals surface area contributed by atoms with Crippen LogP contribution in [0, 0.1) is 17.3 Å². The molecule has 4 atom stereocenters. The van der Waals surface area contributed by atoms with E-state index in [2.05, 4.69) is 29.9 Å². The molecule has 1 unspecified atom stereocenters. The van der Waals surface area contributed by atoms with E-state index in [4.69, 9.17) is 4.74 Å². The normalized spacial score (nSPS) is 24.3. The fourth-order valence-corrected chi connectivity index (χ4v) is 4.53. The minimum Gasteiger partial charge on any atom is -0.469 e. The molecule has 1 fully saturated rings. The summed E-state index contributed by atoms with van der Waals surface area (Å²) in [6.45, 7) is 8.08. The van der Waals surface area contributed by atoms with E-state index < -0.39 is 11.5 Å². The van der Waals surface area contributed by atoms with Crippen molar-refractivity contribution in [1.82, 2.24) is 0 Å². The third kappa shape index (κ3) is 9.19. The number of unbranched alkanes of at least 4 members (excludes halogenated alkanes) is 5. The Morgan fingerprint density at radius 3 is 2.34 bits per heavy atom. The Balaban J connectivity index is 2.98. The van der Waals surface area contributed by atoms with Gasteiger partial charge in [0.2, 0.25) is 0 Å². The number of ketones is 1. The Morgan fingerprint density at radius 1 is 1.03 bits per heavy atom. The van der Waals surface area contributed by atoms with Crippen LogP contribution in [0.1, 0.15) is 91.9 Å². The summed E-state index contributed by atoms with van der Waals surface area (Å²) in [5.74, 6) is -0.194. The molecule has 5 heteroatoms. The molecule has 5 nitrogen and oxygen atoms in total. The molecule has 0 aromatic heterocycles. The number of allylic oxidation sites excluding steroid dienone is 3. The first-order valence-corrected chi connectivity index (χ1v) is 12.3. The van der Waals surface area contributed by atoms with E-state index in [1.54, 1.807) is 7.11 Å². The van der Waals surface area contributed by atoms with Crippen LogP contribution in [0.3, 0.4) is 0 Å². The lowest BCUT2D eigenvalue weighted by Crippen LogP contribution is -2.33. The van der Waals surface area contributed by atoms with E-state index in [9.17, 15) is 14.7 Å². The summed E-state index contributed by atoms with van der Waals surface area (Å²) in [4.78, 5) is 24.7. The molecule has 1 aliphatic rings. The van der Waals surface area contributed by atoms with Gasteiger partial charge >= 0.3 is 5.97 Å². The lowest BCUT2D eigenvalue weighted by Gasteiger charge is -2.30. The maximum atomic E-state index is 13.4. The smallest absolute Gasteiger partial charge is 0.305 e. The number of aliphatic hydroxyl groups excluding tert-OH is 1. The van der Waals surface area contributed by atoms with E-state index in [0.717, 1.165) is 31.3 Å². The molecule has 0 saturated heterocycles. The predicted molar refractivity (Wildman–Crippen MR) is 129 cm³/mol. The third-order valence-corrected chi connectivity index (χ3v) is 6.41. The van der Waals surface area contributed by atoms with Gasteiger partial charge in [-0.25, -0.2) is 0 Å². The van der Waals surface area contributed by atoms with Crippen LogP contribution in [-0.4, -0.2) is 43.3 Å². The molecule has 32 heavy (non-hydrogen) atoms. The number of carbonyl (C=O) groups excluding carboxylic acids is 2. The van der Waals surface area contributed by atoms with Crippen molar-refractivity contribution in [1.29, 1.82) is 0 Å². The van der Waals surface area contributed by atoms with E-state index in [-0.39, 0.29) is 29.7 Å². The van der Waals surface area contributed by atoms with Crippen LogP contribution in [0.2, 0.25) is 0 Å². The quantitative estimate of drug-likeness (QED) is 0.157. The summed E-state index contributed by atoms with van der Waals surface area (Å²) in [5.41, 5.74) is 0.358. The van der Waals surface area contributed by atoms with Gasteiger partial charge in [0.15, 0.2) is 5.78 Å². The van der Waals surface area contributed by atoms with Gasteiger partial charge in [-0.1, -0.05) is 65.2 Å². The Kier molecular flexibility index (Phi) is 13.1. The van der Waals surface area contributed by atoms with Gasteiger partial charge in [-0.3, -0.25) is 9.59 Å². The summed E-state index contributed by atoms with van der Waals surface area (Å²) in [6.07, 6.45) is 14.3. The second kappa shape index (κ2) is 14.6. The van der Waals surface area contributed by atoms with Crippen molar-refractivity contribution in [3.8, 4) is 0 Å². The second-order valence-corrected chi connectivity index (χ2v) is 10.0. The molecule has 0 aromatic carbocycles. The lowest BCUT2D eigenvalue weighted by atomic mass is 9.75. The van der Waals surface area contributed by atoms with Crippen LogP contribution >= 0.6 is 0 Å². The van der Waals surface area contributed by atoms with Gasteiger partial charge < -0.3 is 14.6 Å². The zero-order chi connectivity index (χ0) is 24.1. The standard InChI is InChI=1S/C27H46O5/c1-7-8-9-10-14-17-21(26(30)27(2,3)4)25-20(22(28)19-23(25)31-5)16-13-11-12-15-18-24(29)32-6/h11,13,17,20,22-23,25,28H,7-10,12,14-16,18-19H2,1-6H3/b13-11-,21-17+/t20?,22-,23+,25-/m1/s1. The number of ether oxygens (including phenoxy) is 2. The Bertz CT molecular complexity index is 628. The van der Waals surface area contributed by atoms with Crippen LogP contribution in [0.4, 0.5) is 0 Å². The minimum atomic E-state index is -0.499. The van der Waals surface area contributed by atoms with Crippen molar-refractivity contribution in [2.75, 3.05) is 14.2 Å². The highest BCUT2D eigenvalue weighted by Crippen LogP contribution is 2.43. The zero-order valence-electron chi connectivity index (χ0n) is 21.2. The molecule has 1 N–H and O–H groups in total. The molecule has 0 aromatic rings. The maximum Gasteiger partial charge on any atom is 0.305 e. The number of Topliss-reactive ketones (excluding diaryl/α,β-unsaturated/α-hetero) is 1. The number of esters is 1. The van der Waals surface area contributed by atoms with Gasteiger partial charge in [0.1, 0.15) is 0 Å². The lowest BCUT2D eigenvalue weighted by molar-refractivity contribution is -0.140. The van der Waals surface area contributed by atoms with Gasteiger partial charge in [0, 0.05) is 31.3 Å². The first-order chi connectivity index (χ1) is 15.2. The van der Waals surface area contributed by atoms with Crippen molar-refractivity contribution in [3.63, 3.8) is 0 Å². The average molecular weight is 451 g/mol. The molecule has 0 heterocycles. The molecule has 1 rings (SSSR count). The summed E-state index contributed by atoms with van der Waals surface area (Å²) in [7, 11) is 3.08. The summed E-state index contributed by atoms with van der Waals surface area (Å²) >= 11 is 0. The van der Waals surface area contributed by atoms with Gasteiger partial charge in [0.05, 0.1) is 19.3 Å². The topological polar surface area (TPSA) is 72.8 Å². The molecule has 1 saturated carbocycles. The van der Waals surface area contributed by atoms with Crippen molar-refractivity contribution >= 4 is 11.8 Å². The van der Waals surface area contributed by atoms with Crippen molar-refractivity contribution in [3.05, 3.63) is 23.8 Å². The molecule has 184 valence electrons. The fourth-order valence-electron chi connectivity index (χ4n) is 4.53. The molecular formula is C27H46O5. The van der Waals surface area contributed by atoms with E-state index in [1.165, 1.54) is 26.4 Å². The maximum absolute atomic E-state index is 13.4. The Hall–Kier alpha value is -1.46. The number of rotatable bonds is 14. The average Bonchev–Trinajstić information content (AvgIpc) is 3.07. The SMILES string of the molecule is CCCCCC/C=C(/C(=O)C(C)(C)C)[C@H]1C(C/C=C\CCCC(=O)OC)[C@H](O)C[C@@H]1OC. The molecule has 0 aliphatic heterocycles. The number of carbonyl (C=O) groups is 2. The Labute approximate surface area is 195 Å². The third-order valence-electron chi connectivity index (χ3n) is 6.41. The first kappa shape index (κ1) is 28.6. The van der Waals surface area contributed by atoms with Crippen LogP contribution in [0.25, 0.3) is 0 Å². The second-order valence-electron chi connectivity index (χ2n) is 10.0. The van der Waals surface area contributed by atoms with Crippen LogP contribution in [0.15, 0.2) is 23.8 Å². The van der Waals surface area contributed by atoms with Crippen LogP contribution in [-0.2, 0) is 19.1 Å². The summed E-state index contributed by atoms with van der Waals surface area (Å²) in [5, 5.41) is 10.8. The first-order valence-electron chi connectivity index (χ1n) is 12.3. The molecular weight excluding hydrogens is 404 g/mol. The highest BCUT2D eigenvalue weighted by Gasteiger charge is 2.46. The molecule has 1 aliphatic carbocycles. The highest BCUT2D eigenvalue weighted by molar-refractivity contribution is 5.99. The molecule has 0 bridgehead atoms. The minimum absolute atomic E-state index is 0.0509. The monoisotopic (exact) mass is 450 g/mol. The van der Waals surface area contributed by atoms with E-state index in [1.807, 2.05) is 20.8 Å². The molecule has 0 radical (unpaired) electrons. The summed E-state index contributed by atoms with van der Waals surface area (Å²) in [6, 6.07) is 0. The highest BCUT2D eigenvalue weighted by atomic mass is 16.5. The van der Waals surface area contributed by atoms with Gasteiger partial charge in [-0.15, -0.1) is 0 Å². The van der Waals surface area contributed by atoms with Gasteiger partial charge in [-0.2, -0.15) is 0 Å². The number of methoxy groups -OCH3 is 2. The predicted octanol–water partition coefficient (Wildman–Crippen LogP) is 5.80. The Morgan fingerprint density at radius 2 is 1.75 bits per heavy atom. The summed E-state index contributed by atoms with van der Waals surface area (Å²) < 4.78 is 10.4. The molecule has 0 amide bonds. The van der Waals surface area contributed by atoms with Crippen molar-refractivity contribution in [2.24, 2.45) is 17.3 Å². The largest absolute Gasteiger partial charge is 0.469 e. The van der Waals surface area contributed by atoms with Crippen LogP contribution < -0.4 is 0 Å². The van der Waals surface area contributed by atoms with Crippen LogP contribution in [0.5, 0.6) is 0 Å². The fraction of sp³-hybridized carbons (Fsp3) is 0.778. The number of hydrogen-bond donors (Lipinski definition) is 1.